The molecule has 2 amide bonds. The van der Waals surface area contributed by atoms with Crippen molar-refractivity contribution in [1.29, 1.82) is 0 Å². The summed E-state index contributed by atoms with van der Waals surface area (Å²) in [6, 6.07) is 11.0. The highest BCUT2D eigenvalue weighted by atomic mass is 127. The van der Waals surface area contributed by atoms with Gasteiger partial charge in [-0.1, -0.05) is 23.7 Å². The van der Waals surface area contributed by atoms with E-state index < -0.39 is 23.7 Å². The fourth-order valence-corrected chi connectivity index (χ4v) is 4.77. The molecule has 0 radical (unpaired) electrons. The first-order chi connectivity index (χ1) is 16.2. The van der Waals surface area contributed by atoms with E-state index >= 15 is 0 Å². The molecule has 0 bridgehead atoms. The van der Waals surface area contributed by atoms with Crippen molar-refractivity contribution in [2.75, 3.05) is 13.2 Å². The lowest BCUT2D eigenvalue weighted by Gasteiger charge is -2.15. The molecule has 2 aromatic carbocycles. The number of benzene rings is 2. The molecule has 34 heavy (non-hydrogen) atoms. The highest BCUT2D eigenvalue weighted by molar-refractivity contribution is 14.1. The molecule has 180 valence electrons. The summed E-state index contributed by atoms with van der Waals surface area (Å²) in [7, 11) is 0. The number of thioether (sulfide) groups is 1. The molecule has 0 aromatic heterocycles. The maximum absolute atomic E-state index is 12.7. The average Bonchev–Trinajstić information content (AvgIpc) is 3.01. The van der Waals surface area contributed by atoms with E-state index in [1.807, 2.05) is 25.1 Å². The normalized spacial score (nSPS) is 14.8. The van der Waals surface area contributed by atoms with Crippen molar-refractivity contribution in [3.8, 4) is 11.5 Å². The van der Waals surface area contributed by atoms with E-state index in [1.54, 1.807) is 38.1 Å². The summed E-state index contributed by atoms with van der Waals surface area (Å²) >= 11 is 8.86. The number of rotatable bonds is 9. The zero-order valence-electron chi connectivity index (χ0n) is 18.8. The Morgan fingerprint density at radius 1 is 1.18 bits per heavy atom. The van der Waals surface area contributed by atoms with Crippen LogP contribution in [0.4, 0.5) is 4.79 Å². The van der Waals surface area contributed by atoms with Crippen LogP contribution in [-0.4, -0.2) is 41.3 Å². The van der Waals surface area contributed by atoms with Gasteiger partial charge in [0.2, 0.25) is 0 Å². The first kappa shape index (κ1) is 26.4. The standard InChI is InChI=1S/C24H23ClINO6S/c1-4-31-19-10-16(9-18(26)22(19)32-13-15-5-7-17(25)8-6-15)11-20-23(29)27(24(30)34-20)12-21(28)33-14(2)3/h5-11,14H,4,12-13H2,1-3H3/b20-11+. The summed E-state index contributed by atoms with van der Waals surface area (Å²) in [4.78, 5) is 38.0. The van der Waals surface area contributed by atoms with E-state index in [0.717, 1.165) is 25.8 Å². The number of nitrogens with zero attached hydrogens (tertiary/aromatic N) is 1. The van der Waals surface area contributed by atoms with Crippen LogP contribution in [0.15, 0.2) is 41.3 Å². The molecule has 1 aliphatic heterocycles. The highest BCUT2D eigenvalue weighted by Gasteiger charge is 2.36. The number of ether oxygens (including phenoxy) is 3. The molecule has 0 atom stereocenters. The second-order valence-corrected chi connectivity index (χ2v) is 10.1. The van der Waals surface area contributed by atoms with Crippen molar-refractivity contribution < 1.29 is 28.6 Å². The molecule has 1 aliphatic rings. The summed E-state index contributed by atoms with van der Waals surface area (Å²) in [5.74, 6) is -0.0610. The van der Waals surface area contributed by atoms with E-state index in [4.69, 9.17) is 25.8 Å². The molecular formula is C24H23ClINO6S. The Hall–Kier alpha value is -2.24. The van der Waals surface area contributed by atoms with Gasteiger partial charge in [0, 0.05) is 5.02 Å². The highest BCUT2D eigenvalue weighted by Crippen LogP contribution is 2.38. The van der Waals surface area contributed by atoms with Crippen molar-refractivity contribution in [2.45, 2.75) is 33.5 Å². The predicted molar refractivity (Wildman–Crippen MR) is 140 cm³/mol. The molecule has 0 spiro atoms. The van der Waals surface area contributed by atoms with Gasteiger partial charge in [0.1, 0.15) is 13.2 Å². The quantitative estimate of drug-likeness (QED) is 0.197. The fourth-order valence-electron chi connectivity index (χ4n) is 3.03. The Bertz CT molecular complexity index is 1120. The molecule has 0 unspecified atom stereocenters. The molecule has 1 fully saturated rings. The Kier molecular flexibility index (Phi) is 9.26. The van der Waals surface area contributed by atoms with Crippen LogP contribution in [0.25, 0.3) is 6.08 Å². The van der Waals surface area contributed by atoms with Gasteiger partial charge in [0.05, 0.1) is 21.2 Å². The Labute approximate surface area is 220 Å². The molecule has 1 heterocycles. The van der Waals surface area contributed by atoms with Crippen LogP contribution >= 0.6 is 46.0 Å². The minimum absolute atomic E-state index is 0.218. The van der Waals surface area contributed by atoms with Crippen molar-refractivity contribution in [3.63, 3.8) is 0 Å². The van der Waals surface area contributed by atoms with E-state index in [2.05, 4.69) is 22.6 Å². The molecule has 3 rings (SSSR count). The molecule has 1 saturated heterocycles. The minimum atomic E-state index is -0.631. The van der Waals surface area contributed by atoms with Crippen LogP contribution in [-0.2, 0) is 20.9 Å². The summed E-state index contributed by atoms with van der Waals surface area (Å²) < 4.78 is 17.6. The monoisotopic (exact) mass is 615 g/mol. The Morgan fingerprint density at radius 2 is 1.88 bits per heavy atom. The number of hydrogen-bond donors (Lipinski definition) is 0. The number of esters is 1. The largest absolute Gasteiger partial charge is 0.490 e. The van der Waals surface area contributed by atoms with E-state index in [-0.39, 0.29) is 11.0 Å². The Balaban J connectivity index is 1.80. The van der Waals surface area contributed by atoms with Crippen LogP contribution in [0.5, 0.6) is 11.5 Å². The maximum atomic E-state index is 12.7. The zero-order valence-corrected chi connectivity index (χ0v) is 22.5. The SMILES string of the molecule is CCOc1cc(/C=C2/SC(=O)N(CC(=O)OC(C)C)C2=O)cc(I)c1OCc1ccc(Cl)cc1. The zero-order chi connectivity index (χ0) is 24.8. The number of hydrogen-bond acceptors (Lipinski definition) is 7. The minimum Gasteiger partial charge on any atom is -0.490 e. The fraction of sp³-hybridized carbons (Fsp3) is 0.292. The van der Waals surface area contributed by atoms with E-state index in [1.165, 1.54) is 0 Å². The number of imide groups is 1. The third-order valence-electron chi connectivity index (χ3n) is 4.45. The van der Waals surface area contributed by atoms with Crippen LogP contribution in [0.1, 0.15) is 31.9 Å². The lowest BCUT2D eigenvalue weighted by atomic mass is 10.1. The van der Waals surface area contributed by atoms with Gasteiger partial charge in [0.25, 0.3) is 11.1 Å². The summed E-state index contributed by atoms with van der Waals surface area (Å²) in [6.45, 7) is 5.60. The molecule has 7 nitrogen and oxygen atoms in total. The summed E-state index contributed by atoms with van der Waals surface area (Å²) in [5, 5.41) is 0.138. The van der Waals surface area contributed by atoms with Gasteiger partial charge >= 0.3 is 5.97 Å². The van der Waals surface area contributed by atoms with E-state index in [0.29, 0.717) is 35.3 Å². The molecule has 0 aliphatic carbocycles. The van der Waals surface area contributed by atoms with Gasteiger partial charge in [-0.05, 0) is 96.6 Å². The third-order valence-corrected chi connectivity index (χ3v) is 6.41. The van der Waals surface area contributed by atoms with Crippen molar-refractivity contribution in [3.05, 3.63) is 61.0 Å². The van der Waals surface area contributed by atoms with Crippen LogP contribution in [0.3, 0.4) is 0 Å². The third kappa shape index (κ3) is 6.89. The first-order valence-corrected chi connectivity index (χ1v) is 12.7. The first-order valence-electron chi connectivity index (χ1n) is 10.5. The molecule has 2 aromatic rings. The van der Waals surface area contributed by atoms with Gasteiger partial charge in [-0.25, -0.2) is 0 Å². The predicted octanol–water partition coefficient (Wildman–Crippen LogP) is 5.91. The lowest BCUT2D eigenvalue weighted by molar-refractivity contribution is -0.149. The molecule has 0 saturated carbocycles. The lowest BCUT2D eigenvalue weighted by Crippen LogP contribution is -2.35. The average molecular weight is 616 g/mol. The van der Waals surface area contributed by atoms with Crippen molar-refractivity contribution >= 4 is 69.1 Å². The van der Waals surface area contributed by atoms with Gasteiger partial charge in [-0.15, -0.1) is 0 Å². The molecular weight excluding hydrogens is 593 g/mol. The topological polar surface area (TPSA) is 82.1 Å². The van der Waals surface area contributed by atoms with Crippen LogP contribution < -0.4 is 9.47 Å². The van der Waals surface area contributed by atoms with Gasteiger partial charge < -0.3 is 14.2 Å². The number of amides is 2. The molecule has 0 N–H and O–H groups in total. The van der Waals surface area contributed by atoms with Gasteiger partial charge in [0.15, 0.2) is 11.5 Å². The maximum Gasteiger partial charge on any atom is 0.326 e. The number of halogens is 2. The van der Waals surface area contributed by atoms with Gasteiger partial charge in [-0.3, -0.25) is 19.3 Å². The van der Waals surface area contributed by atoms with Gasteiger partial charge in [-0.2, -0.15) is 0 Å². The Morgan fingerprint density at radius 3 is 2.53 bits per heavy atom. The van der Waals surface area contributed by atoms with Crippen molar-refractivity contribution in [2.24, 2.45) is 0 Å². The second kappa shape index (κ2) is 11.9. The van der Waals surface area contributed by atoms with Crippen LogP contribution in [0, 0.1) is 3.57 Å². The van der Waals surface area contributed by atoms with Crippen molar-refractivity contribution in [1.82, 2.24) is 4.90 Å². The summed E-state index contributed by atoms with van der Waals surface area (Å²) in [6.07, 6.45) is 1.27. The number of carbonyl (C=O) groups excluding carboxylic acids is 3. The van der Waals surface area contributed by atoms with E-state index in [9.17, 15) is 14.4 Å². The number of carbonyl (C=O) groups is 3. The summed E-state index contributed by atoms with van der Waals surface area (Å²) in [5.41, 5.74) is 1.62. The smallest absolute Gasteiger partial charge is 0.326 e. The second-order valence-electron chi connectivity index (χ2n) is 7.48. The molecule has 10 heteroatoms. The van der Waals surface area contributed by atoms with Crippen LogP contribution in [0.2, 0.25) is 5.02 Å².